The standard InChI is InChI=1S/C13H23N5/c1-11(10-18-7-3-2-4-8-18)16-12-5-6-15-13(9-12)17-14/h5-6,9,11H,2-4,7-8,10,14H2,1H3,(H2,15,16,17). The van der Waals surface area contributed by atoms with Crippen LogP contribution in [-0.4, -0.2) is 35.6 Å². The summed E-state index contributed by atoms with van der Waals surface area (Å²) in [5, 5.41) is 3.49. The number of aromatic nitrogens is 1. The first-order valence-corrected chi connectivity index (χ1v) is 6.69. The lowest BCUT2D eigenvalue weighted by Gasteiger charge is -2.29. The van der Waals surface area contributed by atoms with E-state index in [0.717, 1.165) is 12.2 Å². The zero-order chi connectivity index (χ0) is 12.8. The number of nitrogen functional groups attached to an aromatic ring is 1. The zero-order valence-electron chi connectivity index (χ0n) is 11.0. The first-order valence-electron chi connectivity index (χ1n) is 6.69. The van der Waals surface area contributed by atoms with Crippen LogP contribution >= 0.6 is 0 Å². The second kappa shape index (κ2) is 6.56. The lowest BCUT2D eigenvalue weighted by atomic mass is 10.1. The Morgan fingerprint density at radius 2 is 2.17 bits per heavy atom. The van der Waals surface area contributed by atoms with Crippen molar-refractivity contribution in [3.8, 4) is 0 Å². The van der Waals surface area contributed by atoms with Gasteiger partial charge >= 0.3 is 0 Å². The average molecular weight is 249 g/mol. The van der Waals surface area contributed by atoms with E-state index in [1.165, 1.54) is 32.4 Å². The molecule has 2 rings (SSSR count). The summed E-state index contributed by atoms with van der Waals surface area (Å²) in [7, 11) is 0. The van der Waals surface area contributed by atoms with Crippen LogP contribution in [0.2, 0.25) is 0 Å². The van der Waals surface area contributed by atoms with Crippen LogP contribution in [-0.2, 0) is 0 Å². The zero-order valence-corrected chi connectivity index (χ0v) is 11.0. The predicted octanol–water partition coefficient (Wildman–Crippen LogP) is 1.65. The van der Waals surface area contributed by atoms with E-state index in [1.807, 2.05) is 12.1 Å². The van der Waals surface area contributed by atoms with E-state index in [-0.39, 0.29) is 0 Å². The van der Waals surface area contributed by atoms with Gasteiger partial charge in [-0.15, -0.1) is 0 Å². The van der Waals surface area contributed by atoms with Gasteiger partial charge in [-0.05, 0) is 38.9 Å². The summed E-state index contributed by atoms with van der Waals surface area (Å²) in [6.07, 6.45) is 5.81. The van der Waals surface area contributed by atoms with Crippen molar-refractivity contribution < 1.29 is 0 Å². The van der Waals surface area contributed by atoms with Crippen molar-refractivity contribution in [1.29, 1.82) is 0 Å². The van der Waals surface area contributed by atoms with Crippen LogP contribution in [0.1, 0.15) is 26.2 Å². The molecule has 0 bridgehead atoms. The fourth-order valence-electron chi connectivity index (χ4n) is 2.46. The lowest BCUT2D eigenvalue weighted by Crippen LogP contribution is -2.38. The Labute approximate surface area is 109 Å². The van der Waals surface area contributed by atoms with E-state index in [0.29, 0.717) is 11.9 Å². The van der Waals surface area contributed by atoms with Crippen molar-refractivity contribution >= 4 is 11.5 Å². The van der Waals surface area contributed by atoms with Crippen LogP contribution < -0.4 is 16.6 Å². The fraction of sp³-hybridized carbons (Fsp3) is 0.615. The molecular formula is C13H23N5. The normalized spacial score (nSPS) is 18.3. The number of nitrogens with two attached hydrogens (primary N) is 1. The third-order valence-electron chi connectivity index (χ3n) is 3.30. The molecule has 1 fully saturated rings. The third-order valence-corrected chi connectivity index (χ3v) is 3.30. The maximum Gasteiger partial charge on any atom is 0.141 e. The highest BCUT2D eigenvalue weighted by atomic mass is 15.2. The number of hydrogen-bond acceptors (Lipinski definition) is 5. The van der Waals surface area contributed by atoms with Gasteiger partial charge in [0.05, 0.1) is 0 Å². The molecule has 1 aliphatic heterocycles. The van der Waals surface area contributed by atoms with E-state index < -0.39 is 0 Å². The number of hydrazine groups is 1. The molecule has 1 aliphatic rings. The average Bonchev–Trinajstić information content (AvgIpc) is 2.40. The molecule has 0 amide bonds. The maximum atomic E-state index is 5.35. The largest absolute Gasteiger partial charge is 0.381 e. The van der Waals surface area contributed by atoms with Crippen LogP contribution in [0.3, 0.4) is 0 Å². The van der Waals surface area contributed by atoms with Crippen LogP contribution in [0.5, 0.6) is 0 Å². The quantitative estimate of drug-likeness (QED) is 0.547. The number of rotatable bonds is 5. The van der Waals surface area contributed by atoms with Crippen LogP contribution in [0.15, 0.2) is 18.3 Å². The number of likely N-dealkylation sites (tertiary alicyclic amines) is 1. The number of nitrogens with one attached hydrogen (secondary N) is 2. The van der Waals surface area contributed by atoms with Gasteiger partial charge in [0.2, 0.25) is 0 Å². The number of pyridine rings is 1. The SMILES string of the molecule is CC(CN1CCCCC1)Nc1ccnc(NN)c1. The number of hydrogen-bond donors (Lipinski definition) is 3. The van der Waals surface area contributed by atoms with Gasteiger partial charge in [-0.25, -0.2) is 10.8 Å². The Morgan fingerprint density at radius 1 is 1.39 bits per heavy atom. The van der Waals surface area contributed by atoms with E-state index in [2.05, 4.69) is 27.6 Å². The molecule has 5 nitrogen and oxygen atoms in total. The summed E-state index contributed by atoms with van der Waals surface area (Å²) in [6, 6.07) is 4.32. The molecule has 1 aromatic rings. The van der Waals surface area contributed by atoms with Crippen LogP contribution in [0.25, 0.3) is 0 Å². The Bertz CT molecular complexity index is 362. The van der Waals surface area contributed by atoms with E-state index in [1.54, 1.807) is 6.20 Å². The van der Waals surface area contributed by atoms with Crippen molar-refractivity contribution in [3.63, 3.8) is 0 Å². The summed E-state index contributed by atoms with van der Waals surface area (Å²) in [5.74, 6) is 6.04. The van der Waals surface area contributed by atoms with Crippen molar-refractivity contribution in [1.82, 2.24) is 9.88 Å². The minimum Gasteiger partial charge on any atom is -0.381 e. The monoisotopic (exact) mass is 249 g/mol. The molecule has 100 valence electrons. The van der Waals surface area contributed by atoms with Gasteiger partial charge in [0.1, 0.15) is 5.82 Å². The van der Waals surface area contributed by atoms with Gasteiger partial charge in [0.25, 0.3) is 0 Å². The summed E-state index contributed by atoms with van der Waals surface area (Å²) in [6.45, 7) is 5.77. The first-order chi connectivity index (χ1) is 8.78. The second-order valence-corrected chi connectivity index (χ2v) is 4.98. The third kappa shape index (κ3) is 3.85. The van der Waals surface area contributed by atoms with E-state index in [9.17, 15) is 0 Å². The summed E-state index contributed by atoms with van der Waals surface area (Å²) in [5.41, 5.74) is 3.62. The first kappa shape index (κ1) is 13.1. The number of anilines is 2. The highest BCUT2D eigenvalue weighted by molar-refractivity contribution is 5.51. The Morgan fingerprint density at radius 3 is 2.89 bits per heavy atom. The van der Waals surface area contributed by atoms with E-state index >= 15 is 0 Å². The number of nitrogens with zero attached hydrogens (tertiary/aromatic N) is 2. The summed E-state index contributed by atoms with van der Waals surface area (Å²) < 4.78 is 0. The molecule has 0 spiro atoms. The van der Waals surface area contributed by atoms with Crippen molar-refractivity contribution in [2.24, 2.45) is 5.84 Å². The Hall–Kier alpha value is -1.33. The topological polar surface area (TPSA) is 66.2 Å². The van der Waals surface area contributed by atoms with Crippen molar-refractivity contribution in [3.05, 3.63) is 18.3 Å². The maximum absolute atomic E-state index is 5.35. The Kier molecular flexibility index (Phi) is 4.78. The summed E-state index contributed by atoms with van der Waals surface area (Å²) in [4.78, 5) is 6.63. The minimum atomic E-state index is 0.427. The molecule has 0 aliphatic carbocycles. The molecule has 1 saturated heterocycles. The molecule has 5 heteroatoms. The molecule has 1 atom stereocenters. The number of piperidine rings is 1. The van der Waals surface area contributed by atoms with Gasteiger partial charge in [0.15, 0.2) is 0 Å². The molecule has 0 aromatic carbocycles. The fourth-order valence-corrected chi connectivity index (χ4v) is 2.46. The Balaban J connectivity index is 1.83. The lowest BCUT2D eigenvalue weighted by molar-refractivity contribution is 0.223. The second-order valence-electron chi connectivity index (χ2n) is 4.98. The molecular weight excluding hydrogens is 226 g/mol. The van der Waals surface area contributed by atoms with Crippen LogP contribution in [0.4, 0.5) is 11.5 Å². The molecule has 4 N–H and O–H groups in total. The molecule has 0 saturated carbocycles. The van der Waals surface area contributed by atoms with Crippen molar-refractivity contribution in [2.75, 3.05) is 30.4 Å². The van der Waals surface area contributed by atoms with Crippen molar-refractivity contribution in [2.45, 2.75) is 32.2 Å². The minimum absolute atomic E-state index is 0.427. The molecule has 0 radical (unpaired) electrons. The smallest absolute Gasteiger partial charge is 0.141 e. The predicted molar refractivity (Wildman–Crippen MR) is 75.4 cm³/mol. The van der Waals surface area contributed by atoms with E-state index in [4.69, 9.17) is 5.84 Å². The summed E-state index contributed by atoms with van der Waals surface area (Å²) >= 11 is 0. The van der Waals surface area contributed by atoms with Gasteiger partial charge in [-0.2, -0.15) is 0 Å². The molecule has 1 aromatic heterocycles. The van der Waals surface area contributed by atoms with Gasteiger partial charge in [-0.3, -0.25) is 0 Å². The molecule has 18 heavy (non-hydrogen) atoms. The highest BCUT2D eigenvalue weighted by Crippen LogP contribution is 2.14. The van der Waals surface area contributed by atoms with Gasteiger partial charge in [0, 0.05) is 30.5 Å². The molecule has 1 unspecified atom stereocenters. The highest BCUT2D eigenvalue weighted by Gasteiger charge is 2.13. The molecule has 2 heterocycles. The van der Waals surface area contributed by atoms with Crippen LogP contribution in [0, 0.1) is 0 Å². The van der Waals surface area contributed by atoms with Gasteiger partial charge < -0.3 is 15.6 Å². The van der Waals surface area contributed by atoms with Gasteiger partial charge in [-0.1, -0.05) is 6.42 Å².